The molecule has 0 radical (unpaired) electrons. The predicted molar refractivity (Wildman–Crippen MR) is 101 cm³/mol. The molecule has 3 rings (SSSR count). The summed E-state index contributed by atoms with van der Waals surface area (Å²) in [7, 11) is 0. The van der Waals surface area contributed by atoms with Gasteiger partial charge in [0.15, 0.2) is 0 Å². The van der Waals surface area contributed by atoms with Gasteiger partial charge in [0, 0.05) is 6.42 Å². The van der Waals surface area contributed by atoms with E-state index in [9.17, 15) is 8.78 Å². The molecule has 3 aromatic rings. The van der Waals surface area contributed by atoms with Gasteiger partial charge in [0.25, 0.3) is 0 Å². The molecule has 0 saturated carbocycles. The minimum absolute atomic E-state index is 0.112. The second-order valence-electron chi connectivity index (χ2n) is 5.83. The highest BCUT2D eigenvalue weighted by atomic mass is 35.5. The monoisotopic (exact) mass is 354 g/mol. The first kappa shape index (κ1) is 17.4. The van der Waals surface area contributed by atoms with Crippen LogP contribution in [0, 0.1) is 5.82 Å². The van der Waals surface area contributed by atoms with Gasteiger partial charge in [0.1, 0.15) is 12.0 Å². The third kappa shape index (κ3) is 4.77. The largest absolute Gasteiger partial charge is 0.242 e. The van der Waals surface area contributed by atoms with E-state index in [1.54, 1.807) is 18.2 Å². The van der Waals surface area contributed by atoms with Crippen LogP contribution in [0.3, 0.4) is 0 Å². The number of halogens is 3. The summed E-state index contributed by atoms with van der Waals surface area (Å²) in [6, 6.07) is 21.5. The van der Waals surface area contributed by atoms with Crippen molar-refractivity contribution in [1.29, 1.82) is 0 Å². The van der Waals surface area contributed by atoms with Crippen molar-refractivity contribution >= 4 is 23.8 Å². The van der Waals surface area contributed by atoms with Crippen LogP contribution in [0.25, 0.3) is 12.2 Å². The number of alkyl halides is 1. The Bertz CT molecular complexity index is 855. The lowest BCUT2D eigenvalue weighted by molar-refractivity contribution is 0.342. The van der Waals surface area contributed by atoms with Gasteiger partial charge in [-0.1, -0.05) is 84.4 Å². The zero-order valence-corrected chi connectivity index (χ0v) is 14.3. The SMILES string of the molecule is Fc1cc(/C=C/c2ccc(CC(F)c3ccccc3)cc2)ccc1Cl. The van der Waals surface area contributed by atoms with Crippen molar-refractivity contribution in [2.24, 2.45) is 0 Å². The molecule has 0 amide bonds. The standard InChI is InChI=1S/C22H17ClF2/c23-20-13-12-18(15-22(20)25)11-8-16-6-9-17(10-7-16)14-21(24)19-4-2-1-3-5-19/h1-13,15,21H,14H2/b11-8+. The Morgan fingerprint density at radius 3 is 2.16 bits per heavy atom. The van der Waals surface area contributed by atoms with E-state index in [1.807, 2.05) is 54.6 Å². The van der Waals surface area contributed by atoms with Crippen molar-refractivity contribution in [2.75, 3.05) is 0 Å². The summed E-state index contributed by atoms with van der Waals surface area (Å²) in [6.07, 6.45) is 3.03. The molecule has 126 valence electrons. The minimum atomic E-state index is -1.01. The Morgan fingerprint density at radius 2 is 1.48 bits per heavy atom. The van der Waals surface area contributed by atoms with Crippen LogP contribution >= 0.6 is 11.6 Å². The molecule has 25 heavy (non-hydrogen) atoms. The average molecular weight is 355 g/mol. The highest BCUT2D eigenvalue weighted by Crippen LogP contribution is 2.23. The fourth-order valence-corrected chi connectivity index (χ4v) is 2.68. The summed E-state index contributed by atoms with van der Waals surface area (Å²) in [6.45, 7) is 0. The normalized spacial score (nSPS) is 12.4. The van der Waals surface area contributed by atoms with Crippen LogP contribution < -0.4 is 0 Å². The van der Waals surface area contributed by atoms with Gasteiger partial charge in [-0.3, -0.25) is 0 Å². The van der Waals surface area contributed by atoms with Crippen LogP contribution in [-0.2, 0) is 6.42 Å². The van der Waals surface area contributed by atoms with Crippen molar-refractivity contribution in [2.45, 2.75) is 12.6 Å². The highest BCUT2D eigenvalue weighted by molar-refractivity contribution is 6.30. The number of hydrogen-bond acceptors (Lipinski definition) is 0. The van der Waals surface area contributed by atoms with Crippen LogP contribution in [0.15, 0.2) is 72.8 Å². The maximum absolute atomic E-state index is 14.3. The molecule has 0 aliphatic carbocycles. The maximum atomic E-state index is 14.3. The highest BCUT2D eigenvalue weighted by Gasteiger charge is 2.09. The van der Waals surface area contributed by atoms with E-state index >= 15 is 0 Å². The summed E-state index contributed by atoms with van der Waals surface area (Å²) in [4.78, 5) is 0. The van der Waals surface area contributed by atoms with Gasteiger partial charge in [-0.25, -0.2) is 8.78 Å². The molecule has 0 heterocycles. The third-order valence-corrected chi connectivity index (χ3v) is 4.27. The van der Waals surface area contributed by atoms with E-state index in [0.717, 1.165) is 16.7 Å². The molecule has 1 atom stereocenters. The zero-order chi connectivity index (χ0) is 17.6. The molecule has 0 aromatic heterocycles. The van der Waals surface area contributed by atoms with Crippen molar-refractivity contribution in [3.63, 3.8) is 0 Å². The van der Waals surface area contributed by atoms with E-state index < -0.39 is 12.0 Å². The Kier molecular flexibility index (Phi) is 5.62. The first-order chi connectivity index (χ1) is 12.1. The molecule has 0 spiro atoms. The predicted octanol–water partition coefficient (Wildman–Crippen LogP) is 6.90. The lowest BCUT2D eigenvalue weighted by atomic mass is 10.0. The molecule has 0 aliphatic rings. The number of benzene rings is 3. The van der Waals surface area contributed by atoms with E-state index in [-0.39, 0.29) is 5.02 Å². The second-order valence-corrected chi connectivity index (χ2v) is 6.24. The van der Waals surface area contributed by atoms with E-state index in [0.29, 0.717) is 12.0 Å². The molecule has 1 unspecified atom stereocenters. The van der Waals surface area contributed by atoms with Crippen LogP contribution in [0.2, 0.25) is 5.02 Å². The van der Waals surface area contributed by atoms with Gasteiger partial charge in [0.05, 0.1) is 5.02 Å². The van der Waals surface area contributed by atoms with Crippen LogP contribution in [0.1, 0.15) is 28.4 Å². The van der Waals surface area contributed by atoms with Gasteiger partial charge in [-0.15, -0.1) is 0 Å². The third-order valence-electron chi connectivity index (χ3n) is 3.97. The molecule has 0 aliphatic heterocycles. The van der Waals surface area contributed by atoms with Crippen molar-refractivity contribution in [3.8, 4) is 0 Å². The van der Waals surface area contributed by atoms with Gasteiger partial charge in [0.2, 0.25) is 0 Å². The summed E-state index contributed by atoms with van der Waals surface area (Å²) < 4.78 is 27.7. The van der Waals surface area contributed by atoms with Gasteiger partial charge >= 0.3 is 0 Å². The Hall–Kier alpha value is -2.45. The molecule has 0 saturated heterocycles. The van der Waals surface area contributed by atoms with E-state index in [4.69, 9.17) is 11.6 Å². The van der Waals surface area contributed by atoms with Crippen molar-refractivity contribution in [1.82, 2.24) is 0 Å². The lowest BCUT2D eigenvalue weighted by Crippen LogP contribution is -1.96. The zero-order valence-electron chi connectivity index (χ0n) is 13.5. The van der Waals surface area contributed by atoms with Crippen LogP contribution in [0.5, 0.6) is 0 Å². The molecule has 0 nitrogen and oxygen atoms in total. The quantitative estimate of drug-likeness (QED) is 0.437. The van der Waals surface area contributed by atoms with Crippen LogP contribution in [-0.4, -0.2) is 0 Å². The van der Waals surface area contributed by atoms with Gasteiger partial charge in [-0.05, 0) is 34.4 Å². The first-order valence-corrected chi connectivity index (χ1v) is 8.41. The Labute approximate surface area is 151 Å². The number of hydrogen-bond donors (Lipinski definition) is 0. The second kappa shape index (κ2) is 8.09. The van der Waals surface area contributed by atoms with Crippen LogP contribution in [0.4, 0.5) is 8.78 Å². The summed E-state index contributed by atoms with van der Waals surface area (Å²) >= 11 is 5.67. The smallest absolute Gasteiger partial charge is 0.142 e. The van der Waals surface area contributed by atoms with Gasteiger partial charge in [-0.2, -0.15) is 0 Å². The molecule has 0 N–H and O–H groups in total. The van der Waals surface area contributed by atoms with Crippen molar-refractivity contribution < 1.29 is 8.78 Å². The summed E-state index contributed by atoms with van der Waals surface area (Å²) in [5, 5.41) is 0.112. The molecule has 3 aromatic carbocycles. The van der Waals surface area contributed by atoms with Crippen molar-refractivity contribution in [3.05, 3.63) is 106 Å². The Morgan fingerprint density at radius 1 is 0.840 bits per heavy atom. The molecule has 0 bridgehead atoms. The molecule has 0 fully saturated rings. The lowest BCUT2D eigenvalue weighted by Gasteiger charge is -2.08. The topological polar surface area (TPSA) is 0 Å². The maximum Gasteiger partial charge on any atom is 0.142 e. The molecule has 3 heteroatoms. The number of rotatable bonds is 5. The Balaban J connectivity index is 1.65. The van der Waals surface area contributed by atoms with Gasteiger partial charge < -0.3 is 0 Å². The van der Waals surface area contributed by atoms with E-state index in [2.05, 4.69) is 0 Å². The fraction of sp³-hybridized carbons (Fsp3) is 0.0909. The average Bonchev–Trinajstić information content (AvgIpc) is 2.64. The summed E-state index contributed by atoms with van der Waals surface area (Å²) in [5.74, 6) is -0.436. The summed E-state index contributed by atoms with van der Waals surface area (Å²) in [5.41, 5.74) is 3.33. The fourth-order valence-electron chi connectivity index (χ4n) is 2.56. The first-order valence-electron chi connectivity index (χ1n) is 8.03. The molecular weight excluding hydrogens is 338 g/mol. The van der Waals surface area contributed by atoms with E-state index in [1.165, 1.54) is 12.1 Å². The molecular formula is C22H17ClF2. The minimum Gasteiger partial charge on any atom is -0.242 e.